The lowest BCUT2D eigenvalue weighted by Crippen LogP contribution is -2.33. The van der Waals surface area contributed by atoms with Gasteiger partial charge < -0.3 is 14.4 Å². The van der Waals surface area contributed by atoms with E-state index >= 15 is 0 Å². The van der Waals surface area contributed by atoms with Crippen LogP contribution in [0.5, 0.6) is 0 Å². The molecule has 1 aliphatic rings. The molecule has 6 nitrogen and oxygen atoms in total. The molecule has 0 saturated carbocycles. The molecule has 19 heavy (non-hydrogen) atoms. The minimum absolute atomic E-state index is 0.0890. The zero-order valence-corrected chi connectivity index (χ0v) is 11.0. The first-order chi connectivity index (χ1) is 9.08. The lowest BCUT2D eigenvalue weighted by molar-refractivity contribution is -0.128. The Labute approximate surface area is 111 Å². The van der Waals surface area contributed by atoms with Gasteiger partial charge in [-0.2, -0.15) is 0 Å². The van der Waals surface area contributed by atoms with E-state index in [4.69, 9.17) is 9.52 Å². The molecule has 0 aliphatic carbocycles. The molecular weight excluding hydrogens is 248 g/mol. The summed E-state index contributed by atoms with van der Waals surface area (Å²) in [7, 11) is 0. The van der Waals surface area contributed by atoms with Gasteiger partial charge in [0.1, 0.15) is 11.3 Å². The van der Waals surface area contributed by atoms with Crippen molar-refractivity contribution in [1.82, 2.24) is 9.80 Å². The number of carbonyl (C=O) groups excluding carboxylic acids is 1. The Morgan fingerprint density at radius 3 is 2.79 bits per heavy atom. The SMILES string of the molecule is CC(=O)N1CCCN(Cc2occc2C(=O)O)CC1. The molecule has 0 atom stereocenters. The van der Waals surface area contributed by atoms with E-state index in [0.717, 1.165) is 26.1 Å². The van der Waals surface area contributed by atoms with Crippen LogP contribution in [0, 0.1) is 0 Å². The number of carboxylic acids is 1. The van der Waals surface area contributed by atoms with Gasteiger partial charge in [0.05, 0.1) is 12.8 Å². The average Bonchev–Trinajstić information content (AvgIpc) is 2.67. The predicted octanol–water partition coefficient (Wildman–Crippen LogP) is 1.03. The zero-order chi connectivity index (χ0) is 13.8. The van der Waals surface area contributed by atoms with Crippen molar-refractivity contribution in [3.8, 4) is 0 Å². The summed E-state index contributed by atoms with van der Waals surface area (Å²) in [4.78, 5) is 26.3. The molecule has 2 heterocycles. The van der Waals surface area contributed by atoms with Gasteiger partial charge in [0.15, 0.2) is 0 Å². The molecule has 0 aromatic carbocycles. The van der Waals surface area contributed by atoms with Crippen molar-refractivity contribution in [2.45, 2.75) is 19.9 Å². The molecule has 1 aromatic heterocycles. The van der Waals surface area contributed by atoms with E-state index in [2.05, 4.69) is 4.90 Å². The van der Waals surface area contributed by atoms with Crippen LogP contribution < -0.4 is 0 Å². The van der Waals surface area contributed by atoms with Gasteiger partial charge in [-0.1, -0.05) is 0 Å². The normalized spacial score (nSPS) is 17.2. The second kappa shape index (κ2) is 5.88. The third kappa shape index (κ3) is 3.35. The molecular formula is C13H18N2O4. The molecule has 1 amide bonds. The molecule has 0 bridgehead atoms. The van der Waals surface area contributed by atoms with E-state index in [-0.39, 0.29) is 11.5 Å². The molecule has 1 aliphatic heterocycles. The molecule has 0 unspecified atom stereocenters. The maximum absolute atomic E-state index is 11.3. The van der Waals surface area contributed by atoms with Gasteiger partial charge in [-0.3, -0.25) is 9.69 Å². The van der Waals surface area contributed by atoms with Crippen LogP contribution in [0.3, 0.4) is 0 Å². The largest absolute Gasteiger partial charge is 0.478 e. The molecule has 2 rings (SSSR count). The minimum atomic E-state index is -0.969. The van der Waals surface area contributed by atoms with Gasteiger partial charge in [0.2, 0.25) is 5.91 Å². The van der Waals surface area contributed by atoms with E-state index < -0.39 is 5.97 Å². The number of hydrogen-bond donors (Lipinski definition) is 1. The van der Waals surface area contributed by atoms with Gasteiger partial charge in [0.25, 0.3) is 0 Å². The van der Waals surface area contributed by atoms with Crippen LogP contribution in [0.25, 0.3) is 0 Å². The highest BCUT2D eigenvalue weighted by Gasteiger charge is 2.20. The number of aromatic carboxylic acids is 1. The molecule has 1 N–H and O–H groups in total. The Hall–Kier alpha value is -1.82. The van der Waals surface area contributed by atoms with Crippen LogP contribution in [0.4, 0.5) is 0 Å². The highest BCUT2D eigenvalue weighted by Crippen LogP contribution is 2.15. The summed E-state index contributed by atoms with van der Waals surface area (Å²) in [5.41, 5.74) is 0.215. The van der Waals surface area contributed by atoms with Crippen molar-refractivity contribution in [1.29, 1.82) is 0 Å². The van der Waals surface area contributed by atoms with Crippen LogP contribution in [0.1, 0.15) is 29.5 Å². The maximum atomic E-state index is 11.3. The van der Waals surface area contributed by atoms with Crippen LogP contribution >= 0.6 is 0 Å². The number of amides is 1. The fraction of sp³-hybridized carbons (Fsp3) is 0.538. The van der Waals surface area contributed by atoms with E-state index in [1.54, 1.807) is 6.92 Å². The maximum Gasteiger partial charge on any atom is 0.339 e. The van der Waals surface area contributed by atoms with Crippen LogP contribution in [0.15, 0.2) is 16.7 Å². The summed E-state index contributed by atoms with van der Waals surface area (Å²) in [6, 6.07) is 1.47. The minimum Gasteiger partial charge on any atom is -0.478 e. The Kier molecular flexibility index (Phi) is 4.21. The highest BCUT2D eigenvalue weighted by molar-refractivity contribution is 5.88. The fourth-order valence-corrected chi connectivity index (χ4v) is 2.30. The smallest absolute Gasteiger partial charge is 0.339 e. The monoisotopic (exact) mass is 266 g/mol. The van der Waals surface area contributed by atoms with E-state index in [1.165, 1.54) is 12.3 Å². The van der Waals surface area contributed by atoms with E-state index in [1.807, 2.05) is 4.90 Å². The standard InChI is InChI=1S/C13H18N2O4/c1-10(16)15-5-2-4-14(6-7-15)9-12-11(13(17)18)3-8-19-12/h3,8H,2,4-7,9H2,1H3,(H,17,18). The van der Waals surface area contributed by atoms with Gasteiger partial charge >= 0.3 is 5.97 Å². The van der Waals surface area contributed by atoms with Crippen molar-refractivity contribution < 1.29 is 19.1 Å². The molecule has 1 aromatic rings. The number of carboxylic acid groups (broad SMARTS) is 1. The first kappa shape index (κ1) is 13.6. The quantitative estimate of drug-likeness (QED) is 0.884. The van der Waals surface area contributed by atoms with Crippen molar-refractivity contribution in [2.75, 3.05) is 26.2 Å². The third-order valence-corrected chi connectivity index (χ3v) is 3.38. The number of furan rings is 1. The molecule has 1 fully saturated rings. The number of carbonyl (C=O) groups is 2. The second-order valence-corrected chi connectivity index (χ2v) is 4.70. The molecule has 1 saturated heterocycles. The fourth-order valence-electron chi connectivity index (χ4n) is 2.30. The Morgan fingerprint density at radius 1 is 1.32 bits per heavy atom. The highest BCUT2D eigenvalue weighted by atomic mass is 16.4. The van der Waals surface area contributed by atoms with Gasteiger partial charge in [0, 0.05) is 33.1 Å². The third-order valence-electron chi connectivity index (χ3n) is 3.38. The average molecular weight is 266 g/mol. The van der Waals surface area contributed by atoms with Crippen molar-refractivity contribution in [3.05, 3.63) is 23.7 Å². The Balaban J connectivity index is 1.98. The number of rotatable bonds is 3. The van der Waals surface area contributed by atoms with Crippen LogP contribution in [0.2, 0.25) is 0 Å². The summed E-state index contributed by atoms with van der Waals surface area (Å²) < 4.78 is 5.24. The predicted molar refractivity (Wildman–Crippen MR) is 67.8 cm³/mol. The summed E-state index contributed by atoms with van der Waals surface area (Å²) in [6.07, 6.45) is 2.29. The van der Waals surface area contributed by atoms with Gasteiger partial charge in [-0.25, -0.2) is 4.79 Å². The summed E-state index contributed by atoms with van der Waals surface area (Å²) in [5, 5.41) is 9.02. The summed E-state index contributed by atoms with van der Waals surface area (Å²) >= 11 is 0. The first-order valence-corrected chi connectivity index (χ1v) is 6.35. The lowest BCUT2D eigenvalue weighted by Gasteiger charge is -2.20. The number of nitrogens with zero attached hydrogens (tertiary/aromatic N) is 2. The van der Waals surface area contributed by atoms with Crippen molar-refractivity contribution in [3.63, 3.8) is 0 Å². The first-order valence-electron chi connectivity index (χ1n) is 6.35. The second-order valence-electron chi connectivity index (χ2n) is 4.70. The topological polar surface area (TPSA) is 74.0 Å². The van der Waals surface area contributed by atoms with E-state index in [9.17, 15) is 9.59 Å². The van der Waals surface area contributed by atoms with Gasteiger partial charge in [-0.15, -0.1) is 0 Å². The molecule has 0 spiro atoms. The molecule has 0 radical (unpaired) electrons. The van der Waals surface area contributed by atoms with Crippen LogP contribution in [-0.4, -0.2) is 53.0 Å². The van der Waals surface area contributed by atoms with Crippen molar-refractivity contribution in [2.24, 2.45) is 0 Å². The van der Waals surface area contributed by atoms with Crippen LogP contribution in [-0.2, 0) is 11.3 Å². The Morgan fingerprint density at radius 2 is 2.11 bits per heavy atom. The summed E-state index contributed by atoms with van der Waals surface area (Å²) in [6.45, 7) is 5.06. The number of hydrogen-bond acceptors (Lipinski definition) is 4. The zero-order valence-electron chi connectivity index (χ0n) is 11.0. The van der Waals surface area contributed by atoms with E-state index in [0.29, 0.717) is 18.8 Å². The Bertz CT molecular complexity index is 469. The summed E-state index contributed by atoms with van der Waals surface area (Å²) in [5.74, 6) is -0.404. The van der Waals surface area contributed by atoms with Crippen molar-refractivity contribution >= 4 is 11.9 Å². The molecule has 104 valence electrons. The molecule has 6 heteroatoms. The lowest BCUT2D eigenvalue weighted by atomic mass is 10.2. The van der Waals surface area contributed by atoms with Gasteiger partial charge in [-0.05, 0) is 12.5 Å².